The number of nitrogens with zero attached hydrogens (tertiary/aromatic N) is 2. The second kappa shape index (κ2) is 9.00. The van der Waals surface area contributed by atoms with Gasteiger partial charge in [-0.15, -0.1) is 11.3 Å². The van der Waals surface area contributed by atoms with E-state index in [1.165, 1.54) is 15.3 Å². The topological polar surface area (TPSA) is 43.8 Å². The van der Waals surface area contributed by atoms with E-state index in [2.05, 4.69) is 23.1 Å². The molecule has 0 amide bonds. The molecule has 1 aromatic carbocycles. The van der Waals surface area contributed by atoms with E-state index in [1.54, 1.807) is 0 Å². The highest BCUT2D eigenvalue weighted by atomic mass is 35.5. The van der Waals surface area contributed by atoms with Crippen LogP contribution in [0.4, 0.5) is 0 Å². The van der Waals surface area contributed by atoms with E-state index in [-0.39, 0.29) is 6.54 Å². The first-order valence-electron chi connectivity index (χ1n) is 9.00. The van der Waals surface area contributed by atoms with E-state index in [4.69, 9.17) is 16.7 Å². The third kappa shape index (κ3) is 5.30. The largest absolute Gasteiger partial charge is 0.480 e. The lowest BCUT2D eigenvalue weighted by molar-refractivity contribution is -0.138. The number of hydrogen-bond donors (Lipinski definition) is 1. The number of halogens is 1. The maximum Gasteiger partial charge on any atom is 0.317 e. The zero-order valence-corrected chi connectivity index (χ0v) is 16.6. The Kier molecular flexibility index (Phi) is 6.70. The van der Waals surface area contributed by atoms with Gasteiger partial charge in [0.15, 0.2) is 0 Å². The Hall–Kier alpha value is -1.40. The molecule has 1 aliphatic heterocycles. The van der Waals surface area contributed by atoms with Crippen molar-refractivity contribution < 1.29 is 9.90 Å². The molecule has 2 aromatic rings. The molecular weight excluding hydrogens is 368 g/mol. The number of likely N-dealkylation sites (tertiary alicyclic amines) is 1. The van der Waals surface area contributed by atoms with Gasteiger partial charge < -0.3 is 5.11 Å². The Morgan fingerprint density at radius 1 is 1.31 bits per heavy atom. The predicted octanol–water partition coefficient (Wildman–Crippen LogP) is 4.44. The first-order chi connectivity index (χ1) is 12.5. The highest BCUT2D eigenvalue weighted by molar-refractivity contribution is 7.15. The van der Waals surface area contributed by atoms with Gasteiger partial charge >= 0.3 is 5.97 Å². The third-order valence-electron chi connectivity index (χ3n) is 4.95. The number of benzene rings is 1. The van der Waals surface area contributed by atoms with Gasteiger partial charge in [0.1, 0.15) is 0 Å². The molecule has 4 nitrogen and oxygen atoms in total. The molecule has 1 saturated heterocycles. The summed E-state index contributed by atoms with van der Waals surface area (Å²) < 4.78 is 0. The highest BCUT2D eigenvalue weighted by Gasteiger charge is 2.22. The molecule has 140 valence electrons. The molecule has 6 heteroatoms. The quantitative estimate of drug-likeness (QED) is 0.789. The number of aliphatic carboxylic acids is 1. The van der Waals surface area contributed by atoms with Gasteiger partial charge in [0.05, 0.1) is 6.54 Å². The number of rotatable bonds is 6. The maximum atomic E-state index is 10.9. The normalized spacial score (nSPS) is 18.8. The predicted molar refractivity (Wildman–Crippen MR) is 108 cm³/mol. The molecule has 26 heavy (non-hydrogen) atoms. The standard InChI is InChI=1S/C20H25ClN2O2S/c1-22(14-20(24)25)17-6-3-10-23(11-9-17)13-18-7-8-19(26-18)15-4-2-5-16(21)12-15/h2,4-5,7-8,12,17H,3,6,9-11,13-14H2,1H3,(H,24,25). The van der Waals surface area contributed by atoms with Gasteiger partial charge in [-0.1, -0.05) is 23.7 Å². The lowest BCUT2D eigenvalue weighted by Gasteiger charge is -2.25. The van der Waals surface area contributed by atoms with Crippen LogP contribution in [-0.2, 0) is 11.3 Å². The molecule has 1 atom stereocenters. The lowest BCUT2D eigenvalue weighted by atomic mass is 10.1. The molecule has 1 unspecified atom stereocenters. The molecule has 0 aliphatic carbocycles. The fraction of sp³-hybridized carbons (Fsp3) is 0.450. The van der Waals surface area contributed by atoms with Crippen LogP contribution in [0.3, 0.4) is 0 Å². The first kappa shape index (κ1) is 19.4. The summed E-state index contributed by atoms with van der Waals surface area (Å²) in [6.07, 6.45) is 3.20. The van der Waals surface area contributed by atoms with E-state index in [0.717, 1.165) is 43.9 Å². The Bertz CT molecular complexity index is 749. The van der Waals surface area contributed by atoms with Crippen molar-refractivity contribution in [3.8, 4) is 10.4 Å². The van der Waals surface area contributed by atoms with Gasteiger partial charge in [0.25, 0.3) is 0 Å². The number of carboxylic acids is 1. The molecular formula is C20H25ClN2O2S. The number of hydrogen-bond acceptors (Lipinski definition) is 4. The highest BCUT2D eigenvalue weighted by Crippen LogP contribution is 2.30. The molecule has 1 aromatic heterocycles. The van der Waals surface area contributed by atoms with Crippen LogP contribution >= 0.6 is 22.9 Å². The summed E-state index contributed by atoms with van der Waals surface area (Å²) in [6.45, 7) is 3.17. The summed E-state index contributed by atoms with van der Waals surface area (Å²) in [5.41, 5.74) is 1.17. The fourth-order valence-corrected chi connectivity index (χ4v) is 4.80. The zero-order chi connectivity index (χ0) is 18.5. The van der Waals surface area contributed by atoms with Gasteiger partial charge in [-0.25, -0.2) is 0 Å². The van der Waals surface area contributed by atoms with Crippen LogP contribution in [0.2, 0.25) is 5.02 Å². The Balaban J connectivity index is 1.57. The van der Waals surface area contributed by atoms with Crippen molar-refractivity contribution in [1.82, 2.24) is 9.80 Å². The van der Waals surface area contributed by atoms with E-state index in [9.17, 15) is 4.79 Å². The molecule has 0 bridgehead atoms. The Morgan fingerprint density at radius 2 is 2.15 bits per heavy atom. The summed E-state index contributed by atoms with van der Waals surface area (Å²) in [6, 6.07) is 12.7. The van der Waals surface area contributed by atoms with E-state index < -0.39 is 5.97 Å². The SMILES string of the molecule is CN(CC(=O)O)C1CCCN(Cc2ccc(-c3cccc(Cl)c3)s2)CC1. The smallest absolute Gasteiger partial charge is 0.317 e. The molecule has 2 heterocycles. The van der Waals surface area contributed by atoms with Crippen LogP contribution in [0.5, 0.6) is 0 Å². The molecule has 3 rings (SSSR count). The molecule has 0 radical (unpaired) electrons. The summed E-state index contributed by atoms with van der Waals surface area (Å²) in [5, 5.41) is 9.75. The maximum absolute atomic E-state index is 10.9. The Morgan fingerprint density at radius 3 is 2.92 bits per heavy atom. The van der Waals surface area contributed by atoms with Crippen LogP contribution in [0.15, 0.2) is 36.4 Å². The second-order valence-corrected chi connectivity index (χ2v) is 8.55. The van der Waals surface area contributed by atoms with Crippen LogP contribution < -0.4 is 0 Å². The number of thiophene rings is 1. The van der Waals surface area contributed by atoms with Crippen molar-refractivity contribution in [3.63, 3.8) is 0 Å². The molecule has 0 spiro atoms. The van der Waals surface area contributed by atoms with Crippen molar-refractivity contribution >= 4 is 28.9 Å². The number of likely N-dealkylation sites (N-methyl/N-ethyl adjacent to an activating group) is 1. The molecule has 0 saturated carbocycles. The van der Waals surface area contributed by atoms with E-state index in [1.807, 2.05) is 41.5 Å². The summed E-state index contributed by atoms with van der Waals surface area (Å²) in [7, 11) is 1.92. The minimum absolute atomic E-state index is 0.124. The van der Waals surface area contributed by atoms with E-state index in [0.29, 0.717) is 6.04 Å². The number of carbonyl (C=O) groups is 1. The zero-order valence-electron chi connectivity index (χ0n) is 15.0. The van der Waals surface area contributed by atoms with Gasteiger partial charge in [-0.05, 0) is 62.7 Å². The summed E-state index contributed by atoms with van der Waals surface area (Å²) in [5.74, 6) is -0.749. The van der Waals surface area contributed by atoms with Gasteiger partial charge in [0.2, 0.25) is 0 Å². The number of carboxylic acid groups (broad SMARTS) is 1. The molecule has 1 fully saturated rings. The average molecular weight is 393 g/mol. The second-order valence-electron chi connectivity index (χ2n) is 6.95. The monoisotopic (exact) mass is 392 g/mol. The van der Waals surface area contributed by atoms with Crippen molar-refractivity contribution in [2.45, 2.75) is 31.8 Å². The van der Waals surface area contributed by atoms with Crippen molar-refractivity contribution in [2.24, 2.45) is 0 Å². The van der Waals surface area contributed by atoms with Crippen LogP contribution in [0.1, 0.15) is 24.1 Å². The average Bonchev–Trinajstić information content (AvgIpc) is 2.92. The first-order valence-corrected chi connectivity index (χ1v) is 10.2. The van der Waals surface area contributed by atoms with Crippen molar-refractivity contribution in [1.29, 1.82) is 0 Å². The lowest BCUT2D eigenvalue weighted by Crippen LogP contribution is -2.36. The van der Waals surface area contributed by atoms with Gasteiger partial charge in [-0.3, -0.25) is 14.6 Å². The van der Waals surface area contributed by atoms with Crippen LogP contribution in [0.25, 0.3) is 10.4 Å². The van der Waals surface area contributed by atoms with Crippen molar-refractivity contribution in [3.05, 3.63) is 46.3 Å². The molecule has 1 N–H and O–H groups in total. The summed E-state index contributed by atoms with van der Waals surface area (Å²) in [4.78, 5) is 18.0. The Labute approximate surface area is 164 Å². The van der Waals surface area contributed by atoms with Crippen LogP contribution in [0, 0.1) is 0 Å². The summed E-state index contributed by atoms with van der Waals surface area (Å²) >= 11 is 7.92. The van der Waals surface area contributed by atoms with Crippen molar-refractivity contribution in [2.75, 3.05) is 26.7 Å². The van der Waals surface area contributed by atoms with Gasteiger partial charge in [-0.2, -0.15) is 0 Å². The minimum Gasteiger partial charge on any atom is -0.480 e. The minimum atomic E-state index is -0.749. The van der Waals surface area contributed by atoms with E-state index >= 15 is 0 Å². The third-order valence-corrected chi connectivity index (χ3v) is 6.30. The van der Waals surface area contributed by atoms with Crippen LogP contribution in [-0.4, -0.2) is 53.6 Å². The van der Waals surface area contributed by atoms with Gasteiger partial charge in [0, 0.05) is 33.9 Å². The fourth-order valence-electron chi connectivity index (χ4n) is 3.56. The molecule has 1 aliphatic rings.